The van der Waals surface area contributed by atoms with Crippen LogP contribution < -0.4 is 4.74 Å². The zero-order valence-electron chi connectivity index (χ0n) is 9.20. The highest BCUT2D eigenvalue weighted by molar-refractivity contribution is 6.30. The van der Waals surface area contributed by atoms with Crippen LogP contribution in [0.25, 0.3) is 0 Å². The molecule has 0 atom stereocenters. The highest BCUT2D eigenvalue weighted by Crippen LogP contribution is 2.23. The molecule has 1 aromatic carbocycles. The van der Waals surface area contributed by atoms with Gasteiger partial charge in [0.05, 0.1) is 6.61 Å². The number of rotatable bonds is 6. The van der Waals surface area contributed by atoms with Gasteiger partial charge >= 0.3 is 5.97 Å². The number of hydrogen-bond acceptors (Lipinski definition) is 2. The van der Waals surface area contributed by atoms with Crippen LogP contribution in [0.4, 0.5) is 0 Å². The first-order valence-corrected chi connectivity index (χ1v) is 5.68. The van der Waals surface area contributed by atoms with E-state index in [4.69, 9.17) is 21.4 Å². The Balaban J connectivity index is 2.68. The monoisotopic (exact) mass is 242 g/mol. The Morgan fingerprint density at radius 1 is 1.44 bits per heavy atom. The van der Waals surface area contributed by atoms with Crippen molar-refractivity contribution in [3.05, 3.63) is 28.8 Å². The van der Waals surface area contributed by atoms with Crippen LogP contribution in [0.3, 0.4) is 0 Å². The Kier molecular flexibility index (Phi) is 5.12. The molecule has 0 heterocycles. The van der Waals surface area contributed by atoms with Gasteiger partial charge in [0.2, 0.25) is 0 Å². The maximum atomic E-state index is 10.9. The van der Waals surface area contributed by atoms with Gasteiger partial charge in [0.25, 0.3) is 0 Å². The predicted molar refractivity (Wildman–Crippen MR) is 63.4 cm³/mol. The van der Waals surface area contributed by atoms with Crippen molar-refractivity contribution in [1.82, 2.24) is 0 Å². The molecule has 0 saturated carbocycles. The lowest BCUT2D eigenvalue weighted by Gasteiger charge is -2.09. The Hall–Kier alpha value is -1.22. The van der Waals surface area contributed by atoms with E-state index in [9.17, 15) is 4.79 Å². The molecule has 1 rings (SSSR count). The standard InChI is InChI=1S/C12H15ClO3/c1-2-3-4-7-16-11-8-9(13)5-6-10(11)12(14)15/h5-6,8H,2-4,7H2,1H3,(H,14,15). The van der Waals surface area contributed by atoms with Crippen LogP contribution in [0.2, 0.25) is 5.02 Å². The molecule has 0 unspecified atom stereocenters. The SMILES string of the molecule is CCCCCOc1cc(Cl)ccc1C(=O)O. The van der Waals surface area contributed by atoms with Crippen LogP contribution in [0.1, 0.15) is 36.5 Å². The predicted octanol–water partition coefficient (Wildman–Crippen LogP) is 3.61. The smallest absolute Gasteiger partial charge is 0.339 e. The average Bonchev–Trinajstić information content (AvgIpc) is 2.24. The minimum absolute atomic E-state index is 0.154. The fourth-order valence-electron chi connectivity index (χ4n) is 1.33. The topological polar surface area (TPSA) is 46.5 Å². The molecule has 1 N–H and O–H groups in total. The van der Waals surface area contributed by atoms with Crippen molar-refractivity contribution in [2.75, 3.05) is 6.61 Å². The zero-order valence-corrected chi connectivity index (χ0v) is 9.96. The van der Waals surface area contributed by atoms with Crippen LogP contribution >= 0.6 is 11.6 Å². The summed E-state index contributed by atoms with van der Waals surface area (Å²) in [6.45, 7) is 2.62. The van der Waals surface area contributed by atoms with Gasteiger partial charge in [0.15, 0.2) is 0 Å². The summed E-state index contributed by atoms with van der Waals surface area (Å²) in [6.07, 6.45) is 3.09. The molecule has 0 saturated heterocycles. The third-order valence-corrected chi connectivity index (χ3v) is 2.41. The molecule has 88 valence electrons. The van der Waals surface area contributed by atoms with Crippen LogP contribution in [0.15, 0.2) is 18.2 Å². The van der Waals surface area contributed by atoms with E-state index in [2.05, 4.69) is 6.92 Å². The summed E-state index contributed by atoms with van der Waals surface area (Å²) in [5.41, 5.74) is 0.154. The number of benzene rings is 1. The van der Waals surface area contributed by atoms with Crippen LogP contribution in [-0.2, 0) is 0 Å². The molecule has 0 aromatic heterocycles. The quantitative estimate of drug-likeness (QED) is 0.776. The molecular weight excluding hydrogens is 228 g/mol. The summed E-state index contributed by atoms with van der Waals surface area (Å²) < 4.78 is 5.42. The number of halogens is 1. The molecule has 1 aromatic rings. The Morgan fingerprint density at radius 3 is 2.81 bits per heavy atom. The van der Waals surface area contributed by atoms with Crippen molar-refractivity contribution in [2.45, 2.75) is 26.2 Å². The lowest BCUT2D eigenvalue weighted by atomic mass is 10.2. The first kappa shape index (κ1) is 12.8. The molecule has 0 spiro atoms. The Bertz CT molecular complexity index is 363. The Morgan fingerprint density at radius 2 is 2.19 bits per heavy atom. The van der Waals surface area contributed by atoms with E-state index in [0.717, 1.165) is 19.3 Å². The van der Waals surface area contributed by atoms with Crippen molar-refractivity contribution in [2.24, 2.45) is 0 Å². The van der Waals surface area contributed by atoms with Crippen molar-refractivity contribution in [3.8, 4) is 5.75 Å². The summed E-state index contributed by atoms with van der Waals surface area (Å²) in [5, 5.41) is 9.42. The van der Waals surface area contributed by atoms with Gasteiger partial charge in [-0.1, -0.05) is 31.4 Å². The number of ether oxygens (including phenoxy) is 1. The van der Waals surface area contributed by atoms with Gasteiger partial charge in [0, 0.05) is 5.02 Å². The van der Waals surface area contributed by atoms with E-state index < -0.39 is 5.97 Å². The number of carboxylic acid groups (broad SMARTS) is 1. The second-order valence-corrected chi connectivity index (χ2v) is 3.94. The normalized spacial score (nSPS) is 10.1. The average molecular weight is 243 g/mol. The van der Waals surface area contributed by atoms with Crippen molar-refractivity contribution >= 4 is 17.6 Å². The third-order valence-electron chi connectivity index (χ3n) is 2.18. The summed E-state index contributed by atoms with van der Waals surface area (Å²) in [6, 6.07) is 4.54. The fraction of sp³-hybridized carbons (Fsp3) is 0.417. The maximum absolute atomic E-state index is 10.9. The first-order valence-electron chi connectivity index (χ1n) is 5.30. The Labute approximate surface area is 100.0 Å². The third kappa shape index (κ3) is 3.74. The molecule has 16 heavy (non-hydrogen) atoms. The lowest BCUT2D eigenvalue weighted by Crippen LogP contribution is -2.04. The van der Waals surface area contributed by atoms with E-state index in [1.165, 1.54) is 12.1 Å². The molecule has 0 aliphatic heterocycles. The van der Waals surface area contributed by atoms with Crippen molar-refractivity contribution < 1.29 is 14.6 Å². The summed E-state index contributed by atoms with van der Waals surface area (Å²) in [5.74, 6) is -0.654. The number of hydrogen-bond donors (Lipinski definition) is 1. The van der Waals surface area contributed by atoms with Gasteiger partial charge < -0.3 is 9.84 Å². The molecule has 3 nitrogen and oxygen atoms in total. The molecule has 0 radical (unpaired) electrons. The minimum Gasteiger partial charge on any atom is -0.493 e. The second kappa shape index (κ2) is 6.38. The highest BCUT2D eigenvalue weighted by atomic mass is 35.5. The first-order chi connectivity index (χ1) is 7.65. The maximum Gasteiger partial charge on any atom is 0.339 e. The van der Waals surface area contributed by atoms with E-state index in [1.807, 2.05) is 0 Å². The van der Waals surface area contributed by atoms with Crippen molar-refractivity contribution in [1.29, 1.82) is 0 Å². The van der Waals surface area contributed by atoms with Gasteiger partial charge in [-0.3, -0.25) is 0 Å². The summed E-state index contributed by atoms with van der Waals surface area (Å²) in [7, 11) is 0. The van der Waals surface area contributed by atoms with Crippen molar-refractivity contribution in [3.63, 3.8) is 0 Å². The largest absolute Gasteiger partial charge is 0.493 e. The number of unbranched alkanes of at least 4 members (excludes halogenated alkanes) is 2. The van der Waals surface area contributed by atoms with Gasteiger partial charge in [-0.25, -0.2) is 4.79 Å². The molecular formula is C12H15ClO3. The molecule has 0 aliphatic rings. The number of carboxylic acids is 1. The van der Waals surface area contributed by atoms with Crippen LogP contribution in [0.5, 0.6) is 5.75 Å². The van der Waals surface area contributed by atoms with E-state index >= 15 is 0 Å². The highest BCUT2D eigenvalue weighted by Gasteiger charge is 2.11. The van der Waals surface area contributed by atoms with Gasteiger partial charge in [-0.2, -0.15) is 0 Å². The second-order valence-electron chi connectivity index (χ2n) is 3.50. The molecule has 0 aliphatic carbocycles. The molecule has 0 fully saturated rings. The molecule has 0 amide bonds. The number of aromatic carboxylic acids is 1. The van der Waals surface area contributed by atoms with Gasteiger partial charge in [-0.15, -0.1) is 0 Å². The zero-order chi connectivity index (χ0) is 12.0. The van der Waals surface area contributed by atoms with E-state index in [0.29, 0.717) is 17.4 Å². The van der Waals surface area contributed by atoms with E-state index in [1.54, 1.807) is 6.07 Å². The molecule has 0 bridgehead atoms. The van der Waals surface area contributed by atoms with Crippen LogP contribution in [-0.4, -0.2) is 17.7 Å². The van der Waals surface area contributed by atoms with Crippen LogP contribution in [0, 0.1) is 0 Å². The minimum atomic E-state index is -0.998. The lowest BCUT2D eigenvalue weighted by molar-refractivity contribution is 0.0692. The summed E-state index contributed by atoms with van der Waals surface area (Å²) in [4.78, 5) is 10.9. The molecule has 4 heteroatoms. The summed E-state index contributed by atoms with van der Waals surface area (Å²) >= 11 is 5.79. The van der Waals surface area contributed by atoms with Gasteiger partial charge in [-0.05, 0) is 24.6 Å². The number of carbonyl (C=O) groups is 1. The van der Waals surface area contributed by atoms with Gasteiger partial charge in [0.1, 0.15) is 11.3 Å². The van der Waals surface area contributed by atoms with E-state index in [-0.39, 0.29) is 5.56 Å². The fourth-order valence-corrected chi connectivity index (χ4v) is 1.49.